The number of benzene rings is 1. The van der Waals surface area contributed by atoms with E-state index in [2.05, 4.69) is 5.32 Å². The molecule has 0 radical (unpaired) electrons. The molecule has 0 heterocycles. The predicted octanol–water partition coefficient (Wildman–Crippen LogP) is 2.86. The Bertz CT molecular complexity index is 317. The van der Waals surface area contributed by atoms with E-state index in [-0.39, 0.29) is 0 Å². The van der Waals surface area contributed by atoms with Crippen molar-refractivity contribution in [2.75, 3.05) is 11.9 Å². The topological polar surface area (TPSA) is 29.1 Å². The highest BCUT2D eigenvalue weighted by molar-refractivity contribution is 5.82. The summed E-state index contributed by atoms with van der Waals surface area (Å²) in [5, 5.41) is 3.14. The van der Waals surface area contributed by atoms with E-state index in [0.717, 1.165) is 24.4 Å². The summed E-state index contributed by atoms with van der Waals surface area (Å²) in [4.78, 5) is 11.5. The summed E-state index contributed by atoms with van der Waals surface area (Å²) in [5.41, 5.74) is 1.03. The number of para-hydroxylation sites is 1. The number of rotatable bonds is 6. The fraction of sp³-hybridized carbons (Fsp3) is 0.462. The van der Waals surface area contributed by atoms with Crippen LogP contribution in [0, 0.1) is 5.92 Å². The monoisotopic (exact) mass is 203 g/mol. The van der Waals surface area contributed by atoms with Crippen LogP contribution in [0.5, 0.6) is 0 Å². The van der Waals surface area contributed by atoms with Gasteiger partial charge in [-0.2, -0.15) is 0 Å². The summed E-state index contributed by atoms with van der Waals surface area (Å²) in [6.45, 7) is 0.469. The molecule has 0 amide bonds. The zero-order valence-corrected chi connectivity index (χ0v) is 8.91. The van der Waals surface area contributed by atoms with Crippen molar-refractivity contribution in [2.45, 2.75) is 25.7 Å². The van der Waals surface area contributed by atoms with E-state index in [1.54, 1.807) is 0 Å². The van der Waals surface area contributed by atoms with E-state index in [1.165, 1.54) is 12.8 Å². The summed E-state index contributed by atoms with van der Waals surface area (Å²) in [6, 6.07) is 9.87. The third kappa shape index (κ3) is 3.74. The van der Waals surface area contributed by atoms with Gasteiger partial charge in [-0.25, -0.2) is 0 Å². The molecule has 2 heteroatoms. The van der Waals surface area contributed by atoms with Gasteiger partial charge in [0, 0.05) is 12.1 Å². The number of carbonyl (C=O) groups excluding carboxylic acids is 1. The fourth-order valence-electron chi connectivity index (χ4n) is 1.62. The second-order valence-corrected chi connectivity index (χ2v) is 4.24. The first-order valence-corrected chi connectivity index (χ1v) is 5.65. The number of Topliss-reactive ketones (excluding diaryl/α,β-unsaturated/α-hetero) is 1. The van der Waals surface area contributed by atoms with E-state index >= 15 is 0 Å². The summed E-state index contributed by atoms with van der Waals surface area (Å²) in [7, 11) is 0. The Hall–Kier alpha value is -1.31. The van der Waals surface area contributed by atoms with Gasteiger partial charge >= 0.3 is 0 Å². The summed E-state index contributed by atoms with van der Waals surface area (Å²) in [6.07, 6.45) is 4.50. The van der Waals surface area contributed by atoms with Gasteiger partial charge in [0.05, 0.1) is 6.54 Å². The van der Waals surface area contributed by atoms with Crippen molar-refractivity contribution in [3.8, 4) is 0 Å². The molecule has 0 aliphatic heterocycles. The Morgan fingerprint density at radius 3 is 2.67 bits per heavy atom. The molecule has 0 atom stereocenters. The minimum atomic E-state index is 0.325. The zero-order valence-electron chi connectivity index (χ0n) is 8.91. The van der Waals surface area contributed by atoms with Crippen LogP contribution in [0.4, 0.5) is 5.69 Å². The molecule has 2 nitrogen and oxygen atoms in total. The second-order valence-electron chi connectivity index (χ2n) is 4.24. The van der Waals surface area contributed by atoms with Gasteiger partial charge in [-0.05, 0) is 24.5 Å². The van der Waals surface area contributed by atoms with E-state index in [4.69, 9.17) is 0 Å². The SMILES string of the molecule is O=C(CCC1CC1)CNc1ccccc1. The van der Waals surface area contributed by atoms with Crippen LogP contribution in [0.3, 0.4) is 0 Å². The highest BCUT2D eigenvalue weighted by Crippen LogP contribution is 2.33. The number of anilines is 1. The maximum atomic E-state index is 11.5. The van der Waals surface area contributed by atoms with Crippen LogP contribution >= 0.6 is 0 Å². The van der Waals surface area contributed by atoms with Crippen molar-refractivity contribution in [2.24, 2.45) is 5.92 Å². The Kier molecular flexibility index (Phi) is 3.38. The molecule has 0 saturated heterocycles. The van der Waals surface area contributed by atoms with Crippen LogP contribution in [-0.2, 0) is 4.79 Å². The lowest BCUT2D eigenvalue weighted by atomic mass is 10.1. The van der Waals surface area contributed by atoms with Crippen LogP contribution in [0.1, 0.15) is 25.7 Å². The molecule has 1 aliphatic rings. The van der Waals surface area contributed by atoms with Gasteiger partial charge in [0.25, 0.3) is 0 Å². The zero-order chi connectivity index (χ0) is 10.5. The van der Waals surface area contributed by atoms with Gasteiger partial charge < -0.3 is 5.32 Å². The molecule has 80 valence electrons. The fourth-order valence-corrected chi connectivity index (χ4v) is 1.62. The minimum Gasteiger partial charge on any atom is -0.378 e. The van der Waals surface area contributed by atoms with Crippen molar-refractivity contribution in [1.82, 2.24) is 0 Å². The largest absolute Gasteiger partial charge is 0.378 e. The normalized spacial score (nSPS) is 14.9. The summed E-state index contributed by atoms with van der Waals surface area (Å²) >= 11 is 0. The lowest BCUT2D eigenvalue weighted by Crippen LogP contribution is -2.13. The smallest absolute Gasteiger partial charge is 0.151 e. The Balaban J connectivity index is 1.66. The van der Waals surface area contributed by atoms with Crippen LogP contribution in [-0.4, -0.2) is 12.3 Å². The molecule has 1 fully saturated rings. The Labute approximate surface area is 90.7 Å². The number of hydrogen-bond acceptors (Lipinski definition) is 2. The molecule has 1 N–H and O–H groups in total. The number of nitrogens with one attached hydrogen (secondary N) is 1. The third-order valence-corrected chi connectivity index (χ3v) is 2.79. The molecule has 1 aromatic carbocycles. The first-order valence-electron chi connectivity index (χ1n) is 5.65. The maximum Gasteiger partial charge on any atom is 0.151 e. The highest BCUT2D eigenvalue weighted by Gasteiger charge is 2.21. The molecule has 1 aromatic rings. The van der Waals surface area contributed by atoms with Gasteiger partial charge in [0.15, 0.2) is 5.78 Å². The van der Waals surface area contributed by atoms with Gasteiger partial charge in [-0.1, -0.05) is 31.0 Å². The average molecular weight is 203 g/mol. The number of carbonyl (C=O) groups is 1. The molecule has 2 rings (SSSR count). The lowest BCUT2D eigenvalue weighted by Gasteiger charge is -2.04. The first kappa shape index (κ1) is 10.2. The molecular weight excluding hydrogens is 186 g/mol. The summed E-state index contributed by atoms with van der Waals surface area (Å²) < 4.78 is 0. The van der Waals surface area contributed by atoms with Crippen LogP contribution < -0.4 is 5.32 Å². The third-order valence-electron chi connectivity index (χ3n) is 2.79. The molecule has 0 aromatic heterocycles. The highest BCUT2D eigenvalue weighted by atomic mass is 16.1. The van der Waals surface area contributed by atoms with Gasteiger partial charge in [0.2, 0.25) is 0 Å². The van der Waals surface area contributed by atoms with Crippen LogP contribution in [0.25, 0.3) is 0 Å². The number of hydrogen-bond donors (Lipinski definition) is 1. The molecule has 0 unspecified atom stereocenters. The van der Waals surface area contributed by atoms with E-state index in [9.17, 15) is 4.79 Å². The molecular formula is C13H17NO. The van der Waals surface area contributed by atoms with Gasteiger partial charge in [-0.3, -0.25) is 4.79 Å². The van der Waals surface area contributed by atoms with Crippen LogP contribution in [0.2, 0.25) is 0 Å². The quantitative estimate of drug-likeness (QED) is 0.770. The lowest BCUT2D eigenvalue weighted by molar-refractivity contribution is -0.117. The second kappa shape index (κ2) is 4.96. The van der Waals surface area contributed by atoms with Gasteiger partial charge in [-0.15, -0.1) is 0 Å². The Morgan fingerprint density at radius 2 is 2.00 bits per heavy atom. The Morgan fingerprint density at radius 1 is 1.27 bits per heavy atom. The van der Waals surface area contributed by atoms with Crippen LogP contribution in [0.15, 0.2) is 30.3 Å². The van der Waals surface area contributed by atoms with Crippen molar-refractivity contribution in [3.63, 3.8) is 0 Å². The maximum absolute atomic E-state index is 11.5. The first-order chi connectivity index (χ1) is 7.34. The van der Waals surface area contributed by atoms with Crippen molar-refractivity contribution in [1.29, 1.82) is 0 Å². The molecule has 15 heavy (non-hydrogen) atoms. The van der Waals surface area contributed by atoms with E-state index in [0.29, 0.717) is 12.3 Å². The minimum absolute atomic E-state index is 0.325. The molecule has 0 spiro atoms. The summed E-state index contributed by atoms with van der Waals surface area (Å²) in [5.74, 6) is 1.18. The van der Waals surface area contributed by atoms with E-state index in [1.807, 2.05) is 30.3 Å². The molecule has 0 bridgehead atoms. The van der Waals surface area contributed by atoms with Crippen molar-refractivity contribution < 1.29 is 4.79 Å². The predicted molar refractivity (Wildman–Crippen MR) is 61.9 cm³/mol. The van der Waals surface area contributed by atoms with Gasteiger partial charge in [0.1, 0.15) is 0 Å². The average Bonchev–Trinajstić information content (AvgIpc) is 3.09. The standard InChI is InChI=1S/C13H17NO/c15-13(9-8-11-6-7-11)10-14-12-4-2-1-3-5-12/h1-5,11,14H,6-10H2. The molecule has 1 aliphatic carbocycles. The van der Waals surface area contributed by atoms with Crippen molar-refractivity contribution in [3.05, 3.63) is 30.3 Å². The number of ketones is 1. The van der Waals surface area contributed by atoms with E-state index < -0.39 is 0 Å². The van der Waals surface area contributed by atoms with Crippen molar-refractivity contribution >= 4 is 11.5 Å². The molecule has 1 saturated carbocycles.